The molecule has 1 aliphatic heterocycles. The molecule has 2 N–H and O–H groups in total. The van der Waals surface area contributed by atoms with E-state index in [4.69, 9.17) is 0 Å². The van der Waals surface area contributed by atoms with Crippen LogP contribution >= 0.6 is 0 Å². The highest BCUT2D eigenvalue weighted by Gasteiger charge is 2.23. The summed E-state index contributed by atoms with van der Waals surface area (Å²) >= 11 is 0. The van der Waals surface area contributed by atoms with Crippen molar-refractivity contribution >= 4 is 5.91 Å². The van der Waals surface area contributed by atoms with Crippen molar-refractivity contribution in [3.63, 3.8) is 0 Å². The van der Waals surface area contributed by atoms with Crippen LogP contribution in [0.2, 0.25) is 0 Å². The van der Waals surface area contributed by atoms with Gasteiger partial charge in [-0.25, -0.2) is 0 Å². The summed E-state index contributed by atoms with van der Waals surface area (Å²) in [5, 5.41) is 6.50. The predicted octanol–water partition coefficient (Wildman–Crippen LogP) is 4.43. The van der Waals surface area contributed by atoms with Crippen LogP contribution in [0.25, 0.3) is 0 Å². The first-order chi connectivity index (χ1) is 14.3. The molecule has 0 spiro atoms. The van der Waals surface area contributed by atoms with Crippen LogP contribution in [0, 0.1) is 0 Å². The molecule has 0 aliphatic carbocycles. The molecule has 0 fully saturated rings. The smallest absolute Gasteiger partial charge is 0.237 e. The first-order valence-electron chi connectivity index (χ1n) is 10.5. The number of rotatable bonds is 7. The molecule has 3 aromatic rings. The first kappa shape index (κ1) is 19.4. The lowest BCUT2D eigenvalue weighted by molar-refractivity contribution is -0.123. The minimum atomic E-state index is -0.135. The number of hydrogen-bond donors (Lipinski definition) is 2. The van der Waals surface area contributed by atoms with Gasteiger partial charge in [-0.1, -0.05) is 84.9 Å². The number of benzene rings is 3. The highest BCUT2D eigenvalue weighted by atomic mass is 16.2. The Bertz CT molecular complexity index is 884. The third-order valence-electron chi connectivity index (χ3n) is 5.77. The van der Waals surface area contributed by atoms with E-state index in [0.717, 1.165) is 25.8 Å². The molecule has 0 bridgehead atoms. The van der Waals surface area contributed by atoms with Crippen molar-refractivity contribution in [1.82, 2.24) is 10.6 Å². The Labute approximate surface area is 173 Å². The average Bonchev–Trinajstić information content (AvgIpc) is 2.80. The molecule has 0 unspecified atom stereocenters. The summed E-state index contributed by atoms with van der Waals surface area (Å²) < 4.78 is 0. The average molecular weight is 385 g/mol. The van der Waals surface area contributed by atoms with Gasteiger partial charge in [-0.05, 0) is 41.5 Å². The second-order valence-corrected chi connectivity index (χ2v) is 7.71. The number of amides is 1. The number of nitrogens with one attached hydrogen (secondary N) is 2. The van der Waals surface area contributed by atoms with Gasteiger partial charge in [0.15, 0.2) is 0 Å². The van der Waals surface area contributed by atoms with Gasteiger partial charge in [0.1, 0.15) is 0 Å². The molecular formula is C26H28N2O. The van der Waals surface area contributed by atoms with Crippen molar-refractivity contribution < 1.29 is 4.79 Å². The van der Waals surface area contributed by atoms with Crippen molar-refractivity contribution in [2.75, 3.05) is 6.54 Å². The maximum absolute atomic E-state index is 12.6. The minimum Gasteiger partial charge on any atom is -0.355 e. The number of carbonyl (C=O) groups excluding carboxylic acids is 1. The summed E-state index contributed by atoms with van der Waals surface area (Å²) in [6.45, 7) is 1.47. The van der Waals surface area contributed by atoms with Gasteiger partial charge in [-0.15, -0.1) is 0 Å². The molecule has 0 saturated heterocycles. The maximum Gasteiger partial charge on any atom is 0.237 e. The number of carbonyl (C=O) groups is 1. The molecule has 3 aromatic carbocycles. The van der Waals surface area contributed by atoms with Crippen molar-refractivity contribution in [2.24, 2.45) is 0 Å². The molecule has 0 radical (unpaired) electrons. The van der Waals surface area contributed by atoms with E-state index in [1.54, 1.807) is 0 Å². The summed E-state index contributed by atoms with van der Waals surface area (Å²) in [6.07, 6.45) is 2.72. The third kappa shape index (κ3) is 4.93. The largest absolute Gasteiger partial charge is 0.355 e. The van der Waals surface area contributed by atoms with Gasteiger partial charge in [0.25, 0.3) is 0 Å². The normalized spacial score (nSPS) is 15.7. The Kier molecular flexibility index (Phi) is 6.38. The quantitative estimate of drug-likeness (QED) is 0.592. The maximum atomic E-state index is 12.6. The van der Waals surface area contributed by atoms with Crippen LogP contribution in [-0.2, 0) is 17.8 Å². The molecule has 3 nitrogen and oxygen atoms in total. The second-order valence-electron chi connectivity index (χ2n) is 7.71. The van der Waals surface area contributed by atoms with Gasteiger partial charge in [0, 0.05) is 19.0 Å². The Morgan fingerprint density at radius 1 is 0.862 bits per heavy atom. The van der Waals surface area contributed by atoms with E-state index in [1.807, 2.05) is 6.07 Å². The molecule has 4 rings (SSSR count). The van der Waals surface area contributed by atoms with Crippen LogP contribution in [-0.4, -0.2) is 18.5 Å². The molecular weight excluding hydrogens is 356 g/mol. The Morgan fingerprint density at radius 3 is 2.10 bits per heavy atom. The highest BCUT2D eigenvalue weighted by molar-refractivity contribution is 5.82. The van der Waals surface area contributed by atoms with E-state index in [1.165, 1.54) is 22.3 Å². The lowest BCUT2D eigenvalue weighted by Gasteiger charge is -2.25. The van der Waals surface area contributed by atoms with Crippen molar-refractivity contribution in [3.8, 4) is 0 Å². The molecule has 29 heavy (non-hydrogen) atoms. The second kappa shape index (κ2) is 9.53. The van der Waals surface area contributed by atoms with E-state index in [0.29, 0.717) is 12.5 Å². The molecule has 0 saturated carbocycles. The molecule has 1 aliphatic rings. The van der Waals surface area contributed by atoms with Crippen molar-refractivity contribution in [2.45, 2.75) is 37.8 Å². The predicted molar refractivity (Wildman–Crippen MR) is 118 cm³/mol. The van der Waals surface area contributed by atoms with Gasteiger partial charge in [-0.2, -0.15) is 0 Å². The summed E-state index contributed by atoms with van der Waals surface area (Å²) in [6, 6.07) is 29.5. The molecule has 148 valence electrons. The SMILES string of the molecule is O=C(NCCCC(c1ccccc1)c1ccccc1)[C@@H]1Cc2ccccc2CN1. The summed E-state index contributed by atoms with van der Waals surface area (Å²) in [7, 11) is 0. The van der Waals surface area contributed by atoms with Crippen LogP contribution in [0.4, 0.5) is 0 Å². The summed E-state index contributed by atoms with van der Waals surface area (Å²) in [5.41, 5.74) is 5.23. The fourth-order valence-electron chi connectivity index (χ4n) is 4.18. The van der Waals surface area contributed by atoms with Crippen LogP contribution < -0.4 is 10.6 Å². The van der Waals surface area contributed by atoms with Gasteiger partial charge in [0.2, 0.25) is 5.91 Å². The standard InChI is InChI=1S/C26H28N2O/c29-26(25-18-22-14-7-8-15-23(22)19-28-25)27-17-9-16-24(20-10-3-1-4-11-20)21-12-5-2-6-13-21/h1-8,10-15,24-25,28H,9,16-19H2,(H,27,29)/t25-/m0/s1. The lowest BCUT2D eigenvalue weighted by atomic mass is 9.87. The Balaban J connectivity index is 1.31. The zero-order chi connectivity index (χ0) is 19.9. The van der Waals surface area contributed by atoms with Gasteiger partial charge >= 0.3 is 0 Å². The van der Waals surface area contributed by atoms with Crippen LogP contribution in [0.5, 0.6) is 0 Å². The number of fused-ring (bicyclic) bond motifs is 1. The van der Waals surface area contributed by atoms with Crippen LogP contribution in [0.3, 0.4) is 0 Å². The lowest BCUT2D eigenvalue weighted by Crippen LogP contribution is -2.47. The third-order valence-corrected chi connectivity index (χ3v) is 5.77. The van der Waals surface area contributed by atoms with E-state index in [2.05, 4.69) is 89.5 Å². The van der Waals surface area contributed by atoms with E-state index >= 15 is 0 Å². The zero-order valence-electron chi connectivity index (χ0n) is 16.7. The van der Waals surface area contributed by atoms with E-state index in [9.17, 15) is 4.79 Å². The Morgan fingerprint density at radius 2 is 1.45 bits per heavy atom. The Hall–Kier alpha value is -2.91. The topological polar surface area (TPSA) is 41.1 Å². The zero-order valence-corrected chi connectivity index (χ0v) is 16.7. The monoisotopic (exact) mass is 384 g/mol. The summed E-state index contributed by atoms with van der Waals surface area (Å²) in [4.78, 5) is 12.6. The van der Waals surface area contributed by atoms with Gasteiger partial charge in [-0.3, -0.25) is 4.79 Å². The van der Waals surface area contributed by atoms with Gasteiger partial charge in [0.05, 0.1) is 6.04 Å². The summed E-state index contributed by atoms with van der Waals surface area (Å²) in [5.74, 6) is 0.462. The molecule has 1 amide bonds. The first-order valence-corrected chi connectivity index (χ1v) is 10.5. The van der Waals surface area contributed by atoms with Crippen LogP contribution in [0.1, 0.15) is 41.0 Å². The fraction of sp³-hybridized carbons (Fsp3) is 0.269. The van der Waals surface area contributed by atoms with Gasteiger partial charge < -0.3 is 10.6 Å². The van der Waals surface area contributed by atoms with Crippen molar-refractivity contribution in [3.05, 3.63) is 107 Å². The molecule has 0 aromatic heterocycles. The van der Waals surface area contributed by atoms with Crippen LogP contribution in [0.15, 0.2) is 84.9 Å². The van der Waals surface area contributed by atoms with E-state index < -0.39 is 0 Å². The van der Waals surface area contributed by atoms with Crippen molar-refractivity contribution in [1.29, 1.82) is 0 Å². The minimum absolute atomic E-state index is 0.107. The molecule has 3 heteroatoms. The highest BCUT2D eigenvalue weighted by Crippen LogP contribution is 2.28. The number of hydrogen-bond acceptors (Lipinski definition) is 2. The molecule has 1 atom stereocenters. The van der Waals surface area contributed by atoms with E-state index in [-0.39, 0.29) is 11.9 Å². The fourth-order valence-corrected chi connectivity index (χ4v) is 4.18. The molecule has 1 heterocycles.